The van der Waals surface area contributed by atoms with Crippen LogP contribution in [0.3, 0.4) is 0 Å². The highest BCUT2D eigenvalue weighted by Gasteiger charge is 2.14. The van der Waals surface area contributed by atoms with Crippen LogP contribution in [0.4, 0.5) is 4.39 Å². The zero-order chi connectivity index (χ0) is 13.1. The number of benzene rings is 1. The summed E-state index contributed by atoms with van der Waals surface area (Å²) in [6.45, 7) is -0.541. The van der Waals surface area contributed by atoms with Crippen molar-refractivity contribution in [3.8, 4) is 17.4 Å². The number of ether oxygens (including phenoxy) is 1. The topological polar surface area (TPSA) is 77.2 Å². The Morgan fingerprint density at radius 3 is 2.89 bits per heavy atom. The highest BCUT2D eigenvalue weighted by Crippen LogP contribution is 2.21. The van der Waals surface area contributed by atoms with Crippen molar-refractivity contribution >= 4 is 5.97 Å². The minimum Gasteiger partial charge on any atom is -0.479 e. The lowest BCUT2D eigenvalue weighted by atomic mass is 10.2. The molecule has 1 aromatic heterocycles. The van der Waals surface area contributed by atoms with Crippen LogP contribution in [-0.2, 0) is 11.8 Å². The van der Waals surface area contributed by atoms with E-state index < -0.39 is 18.4 Å². The van der Waals surface area contributed by atoms with Gasteiger partial charge in [0.15, 0.2) is 12.4 Å². The molecular weight excluding hydrogens is 241 g/mol. The van der Waals surface area contributed by atoms with Gasteiger partial charge < -0.3 is 9.84 Å². The zero-order valence-corrected chi connectivity index (χ0v) is 9.50. The number of halogens is 1. The van der Waals surface area contributed by atoms with Gasteiger partial charge in [-0.05, 0) is 12.1 Å². The molecule has 0 saturated carbocycles. The van der Waals surface area contributed by atoms with Crippen LogP contribution in [0.2, 0.25) is 0 Å². The Labute approximate surface area is 102 Å². The molecule has 0 amide bonds. The smallest absolute Gasteiger partial charge is 0.341 e. The van der Waals surface area contributed by atoms with Crippen molar-refractivity contribution in [1.82, 2.24) is 14.8 Å². The Bertz CT molecular complexity index is 583. The summed E-state index contributed by atoms with van der Waals surface area (Å²) in [7, 11) is 1.57. The SMILES string of the molecule is Cn1nc(OCC(=O)O)nc1-c1ccccc1F. The van der Waals surface area contributed by atoms with E-state index in [-0.39, 0.29) is 17.4 Å². The Hall–Kier alpha value is -2.44. The number of aryl methyl sites for hydroxylation is 1. The lowest BCUT2D eigenvalue weighted by Crippen LogP contribution is -2.10. The van der Waals surface area contributed by atoms with Crippen LogP contribution in [0.5, 0.6) is 6.01 Å². The van der Waals surface area contributed by atoms with Gasteiger partial charge in [0, 0.05) is 7.05 Å². The van der Waals surface area contributed by atoms with Crippen molar-refractivity contribution < 1.29 is 19.0 Å². The minimum atomic E-state index is -1.13. The molecule has 6 nitrogen and oxygen atoms in total. The van der Waals surface area contributed by atoms with E-state index >= 15 is 0 Å². The van der Waals surface area contributed by atoms with Crippen molar-refractivity contribution in [3.63, 3.8) is 0 Å². The third kappa shape index (κ3) is 2.45. The number of hydrogen-bond acceptors (Lipinski definition) is 4. The summed E-state index contributed by atoms with van der Waals surface area (Å²) in [6, 6.07) is 6.00. The summed E-state index contributed by atoms with van der Waals surface area (Å²) in [5, 5.41) is 12.3. The molecule has 2 aromatic rings. The predicted octanol–water partition coefficient (Wildman–Crippen LogP) is 1.08. The fourth-order valence-electron chi connectivity index (χ4n) is 1.43. The number of aromatic nitrogens is 3. The molecule has 0 unspecified atom stereocenters. The maximum Gasteiger partial charge on any atom is 0.341 e. The van der Waals surface area contributed by atoms with Crippen molar-refractivity contribution in [2.45, 2.75) is 0 Å². The Kier molecular flexibility index (Phi) is 3.22. The van der Waals surface area contributed by atoms with E-state index in [0.29, 0.717) is 0 Å². The molecule has 0 spiro atoms. The van der Waals surface area contributed by atoms with Crippen molar-refractivity contribution in [2.24, 2.45) is 7.05 Å². The van der Waals surface area contributed by atoms with Gasteiger partial charge in [0.1, 0.15) is 5.82 Å². The molecule has 0 fully saturated rings. The number of rotatable bonds is 4. The molecule has 7 heteroatoms. The van der Waals surface area contributed by atoms with E-state index in [1.54, 1.807) is 25.2 Å². The summed E-state index contributed by atoms with van der Waals surface area (Å²) in [6.07, 6.45) is 0. The first-order chi connectivity index (χ1) is 8.58. The van der Waals surface area contributed by atoms with Crippen LogP contribution in [0.15, 0.2) is 24.3 Å². The summed E-state index contributed by atoms with van der Waals surface area (Å²) < 4.78 is 19.7. The average molecular weight is 251 g/mol. The molecular formula is C11H10FN3O3. The molecule has 18 heavy (non-hydrogen) atoms. The molecule has 1 N–H and O–H groups in total. The minimum absolute atomic E-state index is 0.0989. The molecule has 1 aromatic carbocycles. The Morgan fingerprint density at radius 2 is 2.22 bits per heavy atom. The second-order valence-electron chi connectivity index (χ2n) is 3.50. The maximum atomic E-state index is 13.6. The molecule has 0 aliphatic carbocycles. The van der Waals surface area contributed by atoms with Crippen molar-refractivity contribution in [3.05, 3.63) is 30.1 Å². The van der Waals surface area contributed by atoms with Gasteiger partial charge in [0.25, 0.3) is 0 Å². The molecule has 94 valence electrons. The van der Waals surface area contributed by atoms with Gasteiger partial charge in [0.05, 0.1) is 5.56 Å². The molecule has 0 saturated heterocycles. The van der Waals surface area contributed by atoms with Crippen LogP contribution in [-0.4, -0.2) is 32.4 Å². The summed E-state index contributed by atoms with van der Waals surface area (Å²) >= 11 is 0. The van der Waals surface area contributed by atoms with Crippen molar-refractivity contribution in [2.75, 3.05) is 6.61 Å². The Balaban J connectivity index is 2.30. The van der Waals surface area contributed by atoms with Crippen LogP contribution < -0.4 is 4.74 Å². The normalized spacial score (nSPS) is 10.3. The summed E-state index contributed by atoms with van der Waals surface area (Å²) in [5.74, 6) is -1.29. The maximum absolute atomic E-state index is 13.6. The quantitative estimate of drug-likeness (QED) is 0.879. The predicted molar refractivity (Wildman–Crippen MR) is 59.5 cm³/mol. The van der Waals surface area contributed by atoms with E-state index in [1.807, 2.05) is 0 Å². The number of carboxylic acids is 1. The molecule has 0 aliphatic heterocycles. The van der Waals surface area contributed by atoms with Crippen LogP contribution in [0.25, 0.3) is 11.4 Å². The molecule has 1 heterocycles. The summed E-state index contributed by atoms with van der Waals surface area (Å²) in [5.41, 5.74) is 0.276. The molecule has 0 bridgehead atoms. The number of nitrogens with zero attached hydrogens (tertiary/aromatic N) is 3. The fraction of sp³-hybridized carbons (Fsp3) is 0.182. The van der Waals surface area contributed by atoms with Crippen LogP contribution in [0, 0.1) is 5.82 Å². The first-order valence-electron chi connectivity index (χ1n) is 5.08. The van der Waals surface area contributed by atoms with E-state index in [4.69, 9.17) is 9.84 Å². The van der Waals surface area contributed by atoms with Gasteiger partial charge in [-0.3, -0.25) is 0 Å². The third-order valence-electron chi connectivity index (χ3n) is 2.18. The van der Waals surface area contributed by atoms with Gasteiger partial charge in [-0.15, -0.1) is 5.10 Å². The second kappa shape index (κ2) is 4.82. The van der Waals surface area contributed by atoms with Gasteiger partial charge in [0.2, 0.25) is 0 Å². The number of carboxylic acid groups (broad SMARTS) is 1. The van der Waals surface area contributed by atoms with Gasteiger partial charge >= 0.3 is 12.0 Å². The third-order valence-corrected chi connectivity index (χ3v) is 2.18. The lowest BCUT2D eigenvalue weighted by Gasteiger charge is -2.00. The van der Waals surface area contributed by atoms with E-state index in [9.17, 15) is 9.18 Å². The highest BCUT2D eigenvalue weighted by molar-refractivity contribution is 5.68. The zero-order valence-electron chi connectivity index (χ0n) is 9.50. The largest absolute Gasteiger partial charge is 0.479 e. The number of hydrogen-bond donors (Lipinski definition) is 1. The molecule has 0 atom stereocenters. The van der Waals surface area contributed by atoms with E-state index in [2.05, 4.69) is 10.1 Å². The molecule has 0 radical (unpaired) electrons. The first-order valence-corrected chi connectivity index (χ1v) is 5.08. The second-order valence-corrected chi connectivity index (χ2v) is 3.50. The van der Waals surface area contributed by atoms with E-state index in [0.717, 1.165) is 0 Å². The average Bonchev–Trinajstić information content (AvgIpc) is 2.69. The Morgan fingerprint density at radius 1 is 1.50 bits per heavy atom. The van der Waals surface area contributed by atoms with Gasteiger partial charge in [-0.1, -0.05) is 12.1 Å². The van der Waals surface area contributed by atoms with Crippen LogP contribution in [0.1, 0.15) is 0 Å². The first kappa shape index (κ1) is 12.0. The van der Waals surface area contributed by atoms with Gasteiger partial charge in [-0.25, -0.2) is 13.9 Å². The lowest BCUT2D eigenvalue weighted by molar-refractivity contribution is -0.139. The van der Waals surface area contributed by atoms with E-state index in [1.165, 1.54) is 10.7 Å². The number of aliphatic carboxylic acids is 1. The van der Waals surface area contributed by atoms with Gasteiger partial charge in [-0.2, -0.15) is 4.98 Å². The van der Waals surface area contributed by atoms with Crippen molar-refractivity contribution in [1.29, 1.82) is 0 Å². The standard InChI is InChI=1S/C11H10FN3O3/c1-15-10(7-4-2-3-5-8(7)12)13-11(14-15)18-6-9(16)17/h2-5H,6H2,1H3,(H,16,17). The highest BCUT2D eigenvalue weighted by atomic mass is 19.1. The van der Waals surface area contributed by atoms with Crippen LogP contribution >= 0.6 is 0 Å². The summed E-state index contributed by atoms with van der Waals surface area (Å²) in [4.78, 5) is 14.3. The molecule has 0 aliphatic rings. The monoisotopic (exact) mass is 251 g/mol. The fourth-order valence-corrected chi connectivity index (χ4v) is 1.43. The number of carbonyl (C=O) groups is 1. The molecule has 2 rings (SSSR count).